The van der Waals surface area contributed by atoms with Gasteiger partial charge in [0.25, 0.3) is 0 Å². The molecule has 2 bridgehead atoms. The molecule has 2 aliphatic carbocycles. The number of fused-ring (bicyclic) bond motifs is 2. The Balaban J connectivity index is 1.21. The van der Waals surface area contributed by atoms with Crippen LogP contribution in [0.1, 0.15) is 46.5 Å². The van der Waals surface area contributed by atoms with E-state index < -0.39 is 40.7 Å². The second-order valence-corrected chi connectivity index (χ2v) is 11.4. The number of allylic oxidation sites excluding steroid dienone is 3. The second kappa shape index (κ2) is 10.4. The van der Waals surface area contributed by atoms with Crippen molar-refractivity contribution in [2.24, 2.45) is 10.8 Å². The lowest BCUT2D eigenvalue weighted by Crippen LogP contribution is -2.66. The van der Waals surface area contributed by atoms with Crippen LogP contribution in [0, 0.1) is 10.8 Å². The van der Waals surface area contributed by atoms with Crippen LogP contribution in [0.25, 0.3) is 0 Å². The van der Waals surface area contributed by atoms with E-state index in [1.807, 2.05) is 0 Å². The standard InChI is InChI=1S/C29H38O9/c1-18-8-10-28(16-30)23(12-18)37-24-14-22(27(28,3)29(24)17-36-29)38-25(32)7-5-4-6-21(19(2)31)34-11-9-20-13-26(33)35-15-20/h4-7,12-13,19,21-24,30-31H,8-11,14-17H2,1-3H3/b6-4+,7-5+/t19-,21-,22-,23-,24-,27-,28-,29+/m1/s1. The smallest absolute Gasteiger partial charge is 0.331 e. The van der Waals surface area contributed by atoms with Crippen molar-refractivity contribution in [1.29, 1.82) is 0 Å². The topological polar surface area (TPSA) is 124 Å². The molecule has 208 valence electrons. The molecule has 1 spiro atoms. The Morgan fingerprint density at radius 3 is 2.79 bits per heavy atom. The molecule has 9 heteroatoms. The summed E-state index contributed by atoms with van der Waals surface area (Å²) in [5.74, 6) is -0.827. The number of hydrogen-bond donors (Lipinski definition) is 2. The van der Waals surface area contributed by atoms with Crippen LogP contribution >= 0.6 is 0 Å². The zero-order chi connectivity index (χ0) is 27.1. The molecule has 5 aliphatic rings. The highest BCUT2D eigenvalue weighted by Crippen LogP contribution is 2.71. The number of aliphatic hydroxyl groups is 2. The van der Waals surface area contributed by atoms with Crippen LogP contribution in [0.5, 0.6) is 0 Å². The Labute approximate surface area is 223 Å². The highest BCUT2D eigenvalue weighted by molar-refractivity contribution is 5.85. The van der Waals surface area contributed by atoms with E-state index in [2.05, 4.69) is 19.9 Å². The summed E-state index contributed by atoms with van der Waals surface area (Å²) in [6, 6.07) is 0. The van der Waals surface area contributed by atoms with Crippen LogP contribution in [-0.2, 0) is 33.3 Å². The van der Waals surface area contributed by atoms with Crippen LogP contribution in [0.4, 0.5) is 0 Å². The minimum Gasteiger partial charge on any atom is -0.458 e. The van der Waals surface area contributed by atoms with Crippen LogP contribution in [0.2, 0.25) is 0 Å². The molecule has 0 aromatic carbocycles. The van der Waals surface area contributed by atoms with Gasteiger partial charge < -0.3 is 33.9 Å². The normalized spacial score (nSPS) is 39.2. The molecule has 0 amide bonds. The average Bonchev–Trinajstić information content (AvgIpc) is 3.55. The molecule has 5 rings (SSSR count). The largest absolute Gasteiger partial charge is 0.458 e. The maximum absolute atomic E-state index is 12.9. The molecule has 0 unspecified atom stereocenters. The summed E-state index contributed by atoms with van der Waals surface area (Å²) in [6.45, 7) is 6.87. The van der Waals surface area contributed by atoms with Crippen LogP contribution in [-0.4, -0.2) is 84.7 Å². The van der Waals surface area contributed by atoms with Gasteiger partial charge in [0.15, 0.2) is 0 Å². The summed E-state index contributed by atoms with van der Waals surface area (Å²) in [6.07, 6.45) is 10.3. The highest BCUT2D eigenvalue weighted by Gasteiger charge is 2.82. The van der Waals surface area contributed by atoms with E-state index in [0.29, 0.717) is 26.1 Å². The molecule has 1 saturated carbocycles. The monoisotopic (exact) mass is 530 g/mol. The molecule has 0 aromatic rings. The van der Waals surface area contributed by atoms with Crippen molar-refractivity contribution in [3.05, 3.63) is 47.6 Å². The highest BCUT2D eigenvalue weighted by atomic mass is 16.6. The minimum absolute atomic E-state index is 0.0657. The van der Waals surface area contributed by atoms with Gasteiger partial charge in [-0.3, -0.25) is 0 Å². The lowest BCUT2D eigenvalue weighted by Gasteiger charge is -2.58. The predicted octanol–water partition coefficient (Wildman–Crippen LogP) is 2.32. The predicted molar refractivity (Wildman–Crippen MR) is 136 cm³/mol. The van der Waals surface area contributed by atoms with Crippen molar-refractivity contribution in [2.45, 2.75) is 82.6 Å². The van der Waals surface area contributed by atoms with E-state index in [1.54, 1.807) is 25.2 Å². The van der Waals surface area contributed by atoms with Gasteiger partial charge in [0.1, 0.15) is 24.4 Å². The average molecular weight is 531 g/mol. The number of aliphatic hydroxyl groups excluding tert-OH is 2. The molecule has 3 aliphatic heterocycles. The number of carbonyl (C=O) groups is 2. The molecule has 0 aromatic heterocycles. The summed E-state index contributed by atoms with van der Waals surface area (Å²) in [5.41, 5.74) is 0.413. The summed E-state index contributed by atoms with van der Waals surface area (Å²) in [7, 11) is 0. The molecule has 38 heavy (non-hydrogen) atoms. The maximum Gasteiger partial charge on any atom is 0.331 e. The van der Waals surface area contributed by atoms with Crippen LogP contribution in [0.3, 0.4) is 0 Å². The first-order valence-electron chi connectivity index (χ1n) is 13.4. The number of rotatable bonds is 10. The number of hydrogen-bond acceptors (Lipinski definition) is 9. The lowest BCUT2D eigenvalue weighted by atomic mass is 9.51. The fourth-order valence-electron chi connectivity index (χ4n) is 6.89. The van der Waals surface area contributed by atoms with Crippen LogP contribution < -0.4 is 0 Å². The number of cyclic esters (lactones) is 1. The molecular weight excluding hydrogens is 492 g/mol. The Morgan fingerprint density at radius 1 is 1.34 bits per heavy atom. The van der Waals surface area contributed by atoms with Crippen LogP contribution in [0.15, 0.2) is 47.6 Å². The van der Waals surface area contributed by atoms with E-state index in [1.165, 1.54) is 17.7 Å². The van der Waals surface area contributed by atoms with Crippen molar-refractivity contribution < 1.29 is 43.5 Å². The number of epoxide rings is 1. The van der Waals surface area contributed by atoms with Gasteiger partial charge in [0.2, 0.25) is 0 Å². The van der Waals surface area contributed by atoms with Crippen molar-refractivity contribution >= 4 is 11.9 Å². The first kappa shape index (κ1) is 27.3. The fourth-order valence-corrected chi connectivity index (χ4v) is 6.89. The van der Waals surface area contributed by atoms with Gasteiger partial charge in [-0.15, -0.1) is 0 Å². The van der Waals surface area contributed by atoms with Crippen molar-refractivity contribution in [1.82, 2.24) is 0 Å². The molecule has 3 fully saturated rings. The minimum atomic E-state index is -0.759. The van der Waals surface area contributed by atoms with Gasteiger partial charge in [-0.2, -0.15) is 0 Å². The maximum atomic E-state index is 12.9. The van der Waals surface area contributed by atoms with Gasteiger partial charge in [-0.25, -0.2) is 9.59 Å². The Morgan fingerprint density at radius 2 is 2.13 bits per heavy atom. The number of esters is 2. The number of ether oxygens (including phenoxy) is 5. The van der Waals surface area contributed by atoms with E-state index in [4.69, 9.17) is 23.7 Å². The number of carbonyl (C=O) groups excluding carboxylic acids is 2. The molecule has 3 heterocycles. The first-order valence-corrected chi connectivity index (χ1v) is 13.4. The Bertz CT molecular complexity index is 1070. The van der Waals surface area contributed by atoms with Crippen molar-refractivity contribution in [3.63, 3.8) is 0 Å². The molecule has 8 atom stereocenters. The molecule has 9 nitrogen and oxygen atoms in total. The van der Waals surface area contributed by atoms with Crippen molar-refractivity contribution in [2.75, 3.05) is 26.4 Å². The summed E-state index contributed by atoms with van der Waals surface area (Å²) < 4.78 is 29.1. The first-order chi connectivity index (χ1) is 18.1. The zero-order valence-corrected chi connectivity index (χ0v) is 22.3. The van der Waals surface area contributed by atoms with E-state index in [9.17, 15) is 19.8 Å². The van der Waals surface area contributed by atoms with Gasteiger partial charge in [0.05, 0.1) is 38.1 Å². The third-order valence-electron chi connectivity index (χ3n) is 9.33. The summed E-state index contributed by atoms with van der Waals surface area (Å²) >= 11 is 0. The molecular formula is C29H38O9. The quantitative estimate of drug-likeness (QED) is 0.144. The van der Waals surface area contributed by atoms with E-state index in [-0.39, 0.29) is 31.4 Å². The van der Waals surface area contributed by atoms with Gasteiger partial charge in [-0.05, 0) is 38.7 Å². The zero-order valence-electron chi connectivity index (χ0n) is 22.3. The second-order valence-electron chi connectivity index (χ2n) is 11.4. The fraction of sp³-hybridized carbons (Fsp3) is 0.655. The van der Waals surface area contributed by atoms with E-state index >= 15 is 0 Å². The third-order valence-corrected chi connectivity index (χ3v) is 9.33. The van der Waals surface area contributed by atoms with Gasteiger partial charge in [-0.1, -0.05) is 36.8 Å². The Hall–Kier alpha value is -2.30. The Kier molecular flexibility index (Phi) is 7.43. The molecule has 0 radical (unpaired) electrons. The molecule has 2 saturated heterocycles. The van der Waals surface area contributed by atoms with Gasteiger partial charge in [0, 0.05) is 29.4 Å². The van der Waals surface area contributed by atoms with Crippen molar-refractivity contribution in [3.8, 4) is 0 Å². The third kappa shape index (κ3) is 4.48. The summed E-state index contributed by atoms with van der Waals surface area (Å²) in [5, 5.41) is 20.7. The lowest BCUT2D eigenvalue weighted by molar-refractivity contribution is -0.228. The summed E-state index contributed by atoms with van der Waals surface area (Å²) in [4.78, 5) is 24.0. The van der Waals surface area contributed by atoms with Gasteiger partial charge >= 0.3 is 11.9 Å². The molecule has 2 N–H and O–H groups in total. The van der Waals surface area contributed by atoms with E-state index in [0.717, 1.165) is 18.4 Å². The SMILES string of the molecule is CC1=C[C@H]2O[C@@H]3C[C@@H](OC(=O)/C=C/C=C/[C@@H](OCCC4=CC(=O)OC4)[C@@H](C)O)[C@](C)([C@@]2(CO)CC1)[C@]31CO1.